The van der Waals surface area contributed by atoms with E-state index in [2.05, 4.69) is 0 Å². The standard InChI is InChI=1S/C14H21NO4S/c1-19-14-3-2-8-15(9-14)20(17,18)11-13-6-4-12(10-16)5-7-13/h4-7,14,16H,2-3,8-11H2,1H3. The predicted molar refractivity (Wildman–Crippen MR) is 76.6 cm³/mol. The van der Waals surface area contributed by atoms with E-state index in [0.29, 0.717) is 13.1 Å². The van der Waals surface area contributed by atoms with Crippen molar-refractivity contribution >= 4 is 10.0 Å². The van der Waals surface area contributed by atoms with E-state index in [1.807, 2.05) is 0 Å². The molecule has 1 aromatic rings. The molecule has 0 radical (unpaired) electrons. The summed E-state index contributed by atoms with van der Waals surface area (Å²) >= 11 is 0. The molecule has 1 fully saturated rings. The zero-order valence-corrected chi connectivity index (χ0v) is 12.5. The minimum Gasteiger partial charge on any atom is -0.392 e. The van der Waals surface area contributed by atoms with Gasteiger partial charge in [-0.25, -0.2) is 8.42 Å². The molecule has 0 saturated carbocycles. The molecule has 1 aliphatic heterocycles. The summed E-state index contributed by atoms with van der Waals surface area (Å²) in [6, 6.07) is 7.00. The predicted octanol–water partition coefficient (Wildman–Crippen LogP) is 1.12. The Morgan fingerprint density at radius 3 is 2.55 bits per heavy atom. The normalized spacial score (nSPS) is 21.0. The Hall–Kier alpha value is -0.950. The second-order valence-electron chi connectivity index (χ2n) is 5.09. The SMILES string of the molecule is COC1CCCN(S(=O)(=O)Cc2ccc(CO)cc2)C1. The molecule has 0 amide bonds. The van der Waals surface area contributed by atoms with Gasteiger partial charge in [0.15, 0.2) is 0 Å². The second-order valence-corrected chi connectivity index (χ2v) is 7.06. The maximum Gasteiger partial charge on any atom is 0.218 e. The van der Waals surface area contributed by atoms with Gasteiger partial charge in [-0.2, -0.15) is 4.31 Å². The summed E-state index contributed by atoms with van der Waals surface area (Å²) in [5.41, 5.74) is 1.52. The lowest BCUT2D eigenvalue weighted by Gasteiger charge is -2.31. The number of aliphatic hydroxyl groups is 1. The van der Waals surface area contributed by atoms with Gasteiger partial charge in [0.2, 0.25) is 10.0 Å². The van der Waals surface area contributed by atoms with E-state index in [1.54, 1.807) is 31.4 Å². The number of aliphatic hydroxyl groups excluding tert-OH is 1. The second kappa shape index (κ2) is 6.67. The number of methoxy groups -OCH3 is 1. The highest BCUT2D eigenvalue weighted by Crippen LogP contribution is 2.19. The summed E-state index contributed by atoms with van der Waals surface area (Å²) in [6.07, 6.45) is 1.74. The molecule has 0 aromatic heterocycles. The summed E-state index contributed by atoms with van der Waals surface area (Å²) in [6.45, 7) is 0.971. The summed E-state index contributed by atoms with van der Waals surface area (Å²) in [5.74, 6) is -0.00482. The van der Waals surface area contributed by atoms with Gasteiger partial charge < -0.3 is 9.84 Å². The first-order chi connectivity index (χ1) is 9.55. The van der Waals surface area contributed by atoms with Crippen LogP contribution in [0, 0.1) is 0 Å². The number of sulfonamides is 1. The van der Waals surface area contributed by atoms with Crippen molar-refractivity contribution in [1.82, 2.24) is 4.31 Å². The van der Waals surface area contributed by atoms with Gasteiger partial charge in [0.25, 0.3) is 0 Å². The van der Waals surface area contributed by atoms with Crippen molar-refractivity contribution in [1.29, 1.82) is 0 Å². The van der Waals surface area contributed by atoms with Crippen LogP contribution in [0.15, 0.2) is 24.3 Å². The largest absolute Gasteiger partial charge is 0.392 e. The molecule has 1 saturated heterocycles. The zero-order chi connectivity index (χ0) is 14.6. The van der Waals surface area contributed by atoms with Crippen molar-refractivity contribution in [2.75, 3.05) is 20.2 Å². The third kappa shape index (κ3) is 3.79. The fourth-order valence-electron chi connectivity index (χ4n) is 2.39. The van der Waals surface area contributed by atoms with Crippen molar-refractivity contribution in [3.05, 3.63) is 35.4 Å². The summed E-state index contributed by atoms with van der Waals surface area (Å²) in [4.78, 5) is 0. The van der Waals surface area contributed by atoms with Crippen LogP contribution in [0.1, 0.15) is 24.0 Å². The summed E-state index contributed by atoms with van der Waals surface area (Å²) in [7, 11) is -1.69. The molecule has 20 heavy (non-hydrogen) atoms. The van der Waals surface area contributed by atoms with Crippen LogP contribution in [0.2, 0.25) is 0 Å². The van der Waals surface area contributed by atoms with Crippen LogP contribution in [0.3, 0.4) is 0 Å². The van der Waals surface area contributed by atoms with Gasteiger partial charge in [0, 0.05) is 20.2 Å². The first kappa shape index (κ1) is 15.4. The maximum absolute atomic E-state index is 12.4. The molecule has 0 spiro atoms. The molecule has 5 nitrogen and oxygen atoms in total. The van der Waals surface area contributed by atoms with E-state index in [1.165, 1.54) is 4.31 Å². The van der Waals surface area contributed by atoms with Gasteiger partial charge >= 0.3 is 0 Å². The molecule has 1 atom stereocenters. The van der Waals surface area contributed by atoms with Crippen LogP contribution in [0.25, 0.3) is 0 Å². The average Bonchev–Trinajstić information content (AvgIpc) is 2.48. The zero-order valence-electron chi connectivity index (χ0n) is 11.7. The Bertz CT molecular complexity index is 527. The van der Waals surface area contributed by atoms with Crippen LogP contribution < -0.4 is 0 Å². The van der Waals surface area contributed by atoms with Crippen molar-refractivity contribution in [3.63, 3.8) is 0 Å². The third-order valence-corrected chi connectivity index (χ3v) is 5.44. The molecule has 6 heteroatoms. The number of hydrogen-bond acceptors (Lipinski definition) is 4. The highest BCUT2D eigenvalue weighted by molar-refractivity contribution is 7.88. The molecule has 112 valence electrons. The molecule has 1 aromatic carbocycles. The van der Waals surface area contributed by atoms with Crippen LogP contribution >= 0.6 is 0 Å². The summed E-state index contributed by atoms with van der Waals surface area (Å²) in [5, 5.41) is 8.98. The number of hydrogen-bond donors (Lipinski definition) is 1. The smallest absolute Gasteiger partial charge is 0.218 e. The number of rotatable bonds is 5. The Balaban J connectivity index is 2.05. The fourth-order valence-corrected chi connectivity index (χ4v) is 3.99. The first-order valence-electron chi connectivity index (χ1n) is 6.74. The van der Waals surface area contributed by atoms with E-state index in [-0.39, 0.29) is 18.5 Å². The third-order valence-electron chi connectivity index (χ3n) is 3.62. The highest BCUT2D eigenvalue weighted by atomic mass is 32.2. The van der Waals surface area contributed by atoms with E-state index in [4.69, 9.17) is 9.84 Å². The monoisotopic (exact) mass is 299 g/mol. The van der Waals surface area contributed by atoms with Crippen molar-refractivity contribution < 1.29 is 18.3 Å². The molecule has 1 aliphatic rings. The summed E-state index contributed by atoms with van der Waals surface area (Å²) < 4.78 is 31.6. The lowest BCUT2D eigenvalue weighted by molar-refractivity contribution is 0.0571. The van der Waals surface area contributed by atoms with Crippen molar-refractivity contribution in [3.8, 4) is 0 Å². The molecule has 0 aliphatic carbocycles. The fraction of sp³-hybridized carbons (Fsp3) is 0.571. The minimum absolute atomic E-state index is 0.00436. The number of benzene rings is 1. The van der Waals surface area contributed by atoms with Gasteiger partial charge in [0.1, 0.15) is 0 Å². The van der Waals surface area contributed by atoms with E-state index >= 15 is 0 Å². The lowest BCUT2D eigenvalue weighted by atomic mass is 10.1. The van der Waals surface area contributed by atoms with Gasteiger partial charge in [-0.15, -0.1) is 0 Å². The van der Waals surface area contributed by atoms with Gasteiger partial charge in [-0.05, 0) is 24.0 Å². The Labute approximate surface area is 120 Å². The van der Waals surface area contributed by atoms with E-state index < -0.39 is 10.0 Å². The molecular formula is C14H21NO4S. The molecule has 0 bridgehead atoms. The molecular weight excluding hydrogens is 278 g/mol. The van der Waals surface area contributed by atoms with Crippen LogP contribution in [0.5, 0.6) is 0 Å². The number of nitrogens with zero attached hydrogens (tertiary/aromatic N) is 1. The van der Waals surface area contributed by atoms with Crippen molar-refractivity contribution in [2.24, 2.45) is 0 Å². The van der Waals surface area contributed by atoms with Crippen LogP contribution in [0.4, 0.5) is 0 Å². The topological polar surface area (TPSA) is 66.8 Å². The number of ether oxygens (including phenoxy) is 1. The number of piperidine rings is 1. The molecule has 1 heterocycles. The molecule has 1 N–H and O–H groups in total. The van der Waals surface area contributed by atoms with Crippen LogP contribution in [-0.4, -0.2) is 44.1 Å². The lowest BCUT2D eigenvalue weighted by Crippen LogP contribution is -2.43. The van der Waals surface area contributed by atoms with Gasteiger partial charge in [-0.1, -0.05) is 24.3 Å². The van der Waals surface area contributed by atoms with Gasteiger partial charge in [0.05, 0.1) is 18.5 Å². The Kier molecular flexibility index (Phi) is 5.15. The molecule has 1 unspecified atom stereocenters. The maximum atomic E-state index is 12.4. The van der Waals surface area contributed by atoms with E-state index in [0.717, 1.165) is 24.0 Å². The minimum atomic E-state index is -3.31. The Morgan fingerprint density at radius 2 is 1.95 bits per heavy atom. The average molecular weight is 299 g/mol. The quantitative estimate of drug-likeness (QED) is 0.885. The Morgan fingerprint density at radius 1 is 1.30 bits per heavy atom. The molecule has 2 rings (SSSR count). The van der Waals surface area contributed by atoms with Crippen molar-refractivity contribution in [2.45, 2.75) is 31.3 Å². The van der Waals surface area contributed by atoms with E-state index in [9.17, 15) is 8.42 Å². The van der Waals surface area contributed by atoms with Crippen LogP contribution in [-0.2, 0) is 27.1 Å². The van der Waals surface area contributed by atoms with Gasteiger partial charge in [-0.3, -0.25) is 0 Å². The first-order valence-corrected chi connectivity index (χ1v) is 8.35. The highest BCUT2D eigenvalue weighted by Gasteiger charge is 2.28.